The van der Waals surface area contributed by atoms with Crippen molar-refractivity contribution in [3.63, 3.8) is 0 Å². The van der Waals surface area contributed by atoms with Crippen LogP contribution in [-0.2, 0) is 6.18 Å². The number of nitrogens with zero attached hydrogens (tertiary/aromatic N) is 5. The molecule has 2 bridgehead atoms. The zero-order chi connectivity index (χ0) is 31.6. The van der Waals surface area contributed by atoms with E-state index in [4.69, 9.17) is 11.2 Å². The quantitative estimate of drug-likeness (QED) is 0.253. The predicted octanol–water partition coefficient (Wildman–Crippen LogP) is 4.19. The summed E-state index contributed by atoms with van der Waals surface area (Å²) >= 11 is 0. The van der Waals surface area contributed by atoms with Crippen molar-refractivity contribution < 1.29 is 27.4 Å². The molecule has 0 saturated carbocycles. The lowest BCUT2D eigenvalue weighted by molar-refractivity contribution is -0.142. The Morgan fingerprint density at radius 3 is 2.64 bits per heavy atom. The zero-order valence-electron chi connectivity index (χ0n) is 24.4. The second-order valence-electron chi connectivity index (χ2n) is 12.0. The molecule has 6 heterocycles. The van der Waals surface area contributed by atoms with Crippen LogP contribution in [0.3, 0.4) is 0 Å². The Bertz CT molecular complexity index is 1930. The van der Waals surface area contributed by atoms with Crippen molar-refractivity contribution in [1.29, 1.82) is 0 Å². The number of aromatic nitrogens is 3. The summed E-state index contributed by atoms with van der Waals surface area (Å²) in [6.45, 7) is 2.27. The molecule has 2 unspecified atom stereocenters. The SMILES string of the molecule is C#Cc1c(F)ccc2cc(O)cc(-n3c(C(F)(F)F)cc4c(N5CC6CCC5CN6)nc(OC[C@@H]5CCCN5C)nc4c3=O)c12. The van der Waals surface area contributed by atoms with Crippen LogP contribution in [0.1, 0.15) is 36.9 Å². The Morgan fingerprint density at radius 2 is 2.00 bits per heavy atom. The average Bonchev–Trinajstić information content (AvgIpc) is 3.44. The number of phenols is 1. The van der Waals surface area contributed by atoms with Gasteiger partial charge >= 0.3 is 12.2 Å². The number of halogens is 4. The van der Waals surface area contributed by atoms with Gasteiger partial charge in [-0.2, -0.15) is 23.1 Å². The van der Waals surface area contributed by atoms with Crippen LogP contribution in [0.2, 0.25) is 0 Å². The summed E-state index contributed by atoms with van der Waals surface area (Å²) in [5.74, 6) is 1.09. The van der Waals surface area contributed by atoms with Crippen molar-refractivity contribution in [3.05, 3.63) is 57.8 Å². The number of anilines is 1. The molecular weight excluding hydrogens is 592 g/mol. The number of likely N-dealkylation sites (N-methyl/N-ethyl adjacent to an activating group) is 1. The molecule has 3 atom stereocenters. The number of hydrogen-bond donors (Lipinski definition) is 2. The lowest BCUT2D eigenvalue weighted by Crippen LogP contribution is -2.61. The maximum Gasteiger partial charge on any atom is 0.431 e. The van der Waals surface area contributed by atoms with Gasteiger partial charge in [0.15, 0.2) is 0 Å². The Labute approximate surface area is 255 Å². The van der Waals surface area contributed by atoms with Crippen molar-refractivity contribution in [1.82, 2.24) is 24.8 Å². The molecule has 4 fully saturated rings. The smallest absolute Gasteiger partial charge is 0.431 e. The van der Waals surface area contributed by atoms with E-state index in [2.05, 4.69) is 26.1 Å². The molecular formula is C32H30F4N6O3. The van der Waals surface area contributed by atoms with Crippen LogP contribution in [-0.4, -0.2) is 76.0 Å². The molecule has 4 saturated heterocycles. The Balaban J connectivity index is 1.51. The number of piperazine rings is 1. The maximum absolute atomic E-state index is 14.9. The highest BCUT2D eigenvalue weighted by Gasteiger charge is 2.40. The number of terminal acetylenes is 1. The van der Waals surface area contributed by atoms with Gasteiger partial charge in [-0.3, -0.25) is 9.36 Å². The van der Waals surface area contributed by atoms with E-state index in [0.717, 1.165) is 50.4 Å². The van der Waals surface area contributed by atoms with E-state index in [1.807, 2.05) is 11.9 Å². The lowest BCUT2D eigenvalue weighted by atomic mass is 9.93. The number of nitrogens with one attached hydrogen (secondary N) is 1. The maximum atomic E-state index is 14.9. The minimum atomic E-state index is -5.04. The van der Waals surface area contributed by atoms with Gasteiger partial charge < -0.3 is 25.0 Å². The third-order valence-corrected chi connectivity index (χ3v) is 9.24. The van der Waals surface area contributed by atoms with E-state index in [9.17, 15) is 27.5 Å². The molecule has 45 heavy (non-hydrogen) atoms. The van der Waals surface area contributed by atoms with E-state index in [1.165, 1.54) is 12.1 Å². The van der Waals surface area contributed by atoms with E-state index >= 15 is 0 Å². The molecule has 0 radical (unpaired) electrons. The van der Waals surface area contributed by atoms with Crippen molar-refractivity contribution in [2.75, 3.05) is 38.2 Å². The number of piperidine rings is 2. The molecule has 8 rings (SSSR count). The first-order valence-corrected chi connectivity index (χ1v) is 14.8. The molecule has 4 aliphatic rings. The monoisotopic (exact) mass is 622 g/mol. The van der Waals surface area contributed by atoms with Crippen LogP contribution in [0.4, 0.5) is 23.4 Å². The molecule has 2 N–H and O–H groups in total. The highest BCUT2D eigenvalue weighted by atomic mass is 19.4. The summed E-state index contributed by atoms with van der Waals surface area (Å²) in [6, 6.07) is 5.45. The van der Waals surface area contributed by atoms with Gasteiger partial charge in [-0.05, 0) is 62.9 Å². The van der Waals surface area contributed by atoms with E-state index in [1.54, 1.807) is 0 Å². The molecule has 9 nitrogen and oxygen atoms in total. The number of pyridine rings is 1. The number of alkyl halides is 3. The van der Waals surface area contributed by atoms with Crippen LogP contribution in [0, 0.1) is 18.2 Å². The van der Waals surface area contributed by atoms with Crippen molar-refractivity contribution >= 4 is 27.5 Å². The molecule has 234 valence electrons. The Morgan fingerprint density at radius 1 is 1.18 bits per heavy atom. The molecule has 0 aliphatic carbocycles. The van der Waals surface area contributed by atoms with Crippen molar-refractivity contribution in [2.45, 2.75) is 50.0 Å². The number of phenolic OH excluding ortho intramolecular Hbond substituents is 1. The number of hydrogen-bond acceptors (Lipinski definition) is 8. The first-order valence-electron chi connectivity index (χ1n) is 14.8. The van der Waals surface area contributed by atoms with E-state index in [-0.39, 0.29) is 63.8 Å². The fraction of sp³-hybridized carbons (Fsp3) is 0.406. The second-order valence-corrected chi connectivity index (χ2v) is 12.0. The van der Waals surface area contributed by atoms with E-state index in [0.29, 0.717) is 17.7 Å². The fourth-order valence-electron chi connectivity index (χ4n) is 6.93. The van der Waals surface area contributed by atoms with Gasteiger partial charge in [-0.1, -0.05) is 12.0 Å². The Kier molecular flexibility index (Phi) is 7.09. The molecule has 4 aromatic rings. The summed E-state index contributed by atoms with van der Waals surface area (Å²) in [5, 5.41) is 13.9. The number of fused-ring (bicyclic) bond motifs is 5. The number of rotatable bonds is 5. The fourth-order valence-corrected chi connectivity index (χ4v) is 6.93. The van der Waals surface area contributed by atoms with Gasteiger partial charge in [0.1, 0.15) is 35.2 Å². The summed E-state index contributed by atoms with van der Waals surface area (Å²) in [5.41, 5.74) is -3.54. The molecule has 0 amide bonds. The summed E-state index contributed by atoms with van der Waals surface area (Å²) in [4.78, 5) is 27.4. The Hall–Kier alpha value is -4.41. The third kappa shape index (κ3) is 5.02. The summed E-state index contributed by atoms with van der Waals surface area (Å²) in [6.07, 6.45) is 4.17. The summed E-state index contributed by atoms with van der Waals surface area (Å²) < 4.78 is 66.0. The predicted molar refractivity (Wildman–Crippen MR) is 161 cm³/mol. The van der Waals surface area contributed by atoms with Crippen LogP contribution in [0.15, 0.2) is 35.1 Å². The molecule has 0 spiro atoms. The third-order valence-electron chi connectivity index (χ3n) is 9.24. The number of likely N-dealkylation sites (tertiary alicyclic amines) is 1. The minimum absolute atomic E-state index is 0.0464. The van der Waals surface area contributed by atoms with Gasteiger partial charge in [-0.25, -0.2) is 4.39 Å². The highest BCUT2D eigenvalue weighted by molar-refractivity contribution is 5.97. The first-order chi connectivity index (χ1) is 21.5. The largest absolute Gasteiger partial charge is 0.508 e. The number of ether oxygens (including phenoxy) is 1. The lowest BCUT2D eigenvalue weighted by Gasteiger charge is -2.46. The zero-order valence-corrected chi connectivity index (χ0v) is 24.4. The van der Waals surface area contributed by atoms with Gasteiger partial charge in [0, 0.05) is 42.7 Å². The molecule has 4 aliphatic heterocycles. The minimum Gasteiger partial charge on any atom is -0.508 e. The van der Waals surface area contributed by atoms with Gasteiger partial charge in [0.25, 0.3) is 5.56 Å². The van der Waals surface area contributed by atoms with Crippen molar-refractivity contribution in [3.8, 4) is 29.8 Å². The average molecular weight is 623 g/mol. The number of benzene rings is 2. The normalized spacial score (nSPS) is 22.0. The first kappa shape index (κ1) is 29.3. The van der Waals surface area contributed by atoms with Crippen LogP contribution < -0.4 is 20.5 Å². The molecule has 2 aromatic heterocycles. The van der Waals surface area contributed by atoms with E-state index < -0.39 is 34.7 Å². The molecule has 2 aromatic carbocycles. The second kappa shape index (κ2) is 10.9. The van der Waals surface area contributed by atoms with Crippen molar-refractivity contribution in [2.24, 2.45) is 0 Å². The van der Waals surface area contributed by atoms with Crippen LogP contribution in [0.25, 0.3) is 27.4 Å². The van der Waals surface area contributed by atoms with Gasteiger partial charge in [0.2, 0.25) is 0 Å². The van der Waals surface area contributed by atoms with Gasteiger partial charge in [0.05, 0.1) is 16.6 Å². The standard InChI is InChI=1S/C32H30F4N6O3/c1-3-22-24(33)9-6-17-11-21(43)12-25(27(17)22)42-26(32(34,35)36)13-23-28(30(42)44)38-31(45-16-20-5-4-10-40(20)2)39-29(23)41-15-18-7-8-19(41)14-37-18/h1,6,9,11-13,18-20,37,43H,4-5,7-8,10,14-16H2,2H3/t18?,19?,20-/m0/s1. The number of aromatic hydroxyl groups is 1. The van der Waals surface area contributed by atoms with Crippen LogP contribution in [0.5, 0.6) is 11.8 Å². The summed E-state index contributed by atoms with van der Waals surface area (Å²) in [7, 11) is 1.98. The van der Waals surface area contributed by atoms with Crippen LogP contribution >= 0.6 is 0 Å². The van der Waals surface area contributed by atoms with Gasteiger partial charge in [-0.15, -0.1) is 6.42 Å². The topological polar surface area (TPSA) is 95.8 Å². The molecule has 13 heteroatoms. The highest BCUT2D eigenvalue weighted by Crippen LogP contribution is 2.39.